The third-order valence-electron chi connectivity index (χ3n) is 2.14. The molecule has 0 aliphatic heterocycles. The standard InChI is InChI=1S/C12H13BrN2O3S/c1-18-11(17)7-6-10(16)15-12(19)14-9-4-2-8(13)3-5-9/h2-5H,6-7H2,1H3,(H2,14,15,16,19). The lowest BCUT2D eigenvalue weighted by atomic mass is 10.3. The zero-order chi connectivity index (χ0) is 14.3. The van der Waals surface area contributed by atoms with Gasteiger partial charge in [0.15, 0.2) is 5.11 Å². The van der Waals surface area contributed by atoms with Crippen molar-refractivity contribution in [3.05, 3.63) is 28.7 Å². The van der Waals surface area contributed by atoms with Crippen LogP contribution in [0.4, 0.5) is 5.69 Å². The highest BCUT2D eigenvalue weighted by Crippen LogP contribution is 2.13. The van der Waals surface area contributed by atoms with Gasteiger partial charge in [0.25, 0.3) is 0 Å². The summed E-state index contributed by atoms with van der Waals surface area (Å²) in [5, 5.41) is 5.54. The van der Waals surface area contributed by atoms with Gasteiger partial charge in [-0.3, -0.25) is 9.59 Å². The van der Waals surface area contributed by atoms with Crippen molar-refractivity contribution in [1.82, 2.24) is 5.32 Å². The number of benzene rings is 1. The van der Waals surface area contributed by atoms with Crippen molar-refractivity contribution in [3.8, 4) is 0 Å². The van der Waals surface area contributed by atoms with Gasteiger partial charge in [0.2, 0.25) is 5.91 Å². The molecule has 0 atom stereocenters. The molecule has 0 spiro atoms. The number of hydrogen-bond acceptors (Lipinski definition) is 4. The predicted molar refractivity (Wildman–Crippen MR) is 79.8 cm³/mol. The highest BCUT2D eigenvalue weighted by atomic mass is 79.9. The fourth-order valence-corrected chi connectivity index (χ4v) is 1.70. The topological polar surface area (TPSA) is 67.4 Å². The van der Waals surface area contributed by atoms with E-state index in [0.29, 0.717) is 0 Å². The van der Waals surface area contributed by atoms with E-state index in [1.54, 1.807) is 0 Å². The Morgan fingerprint density at radius 1 is 1.26 bits per heavy atom. The van der Waals surface area contributed by atoms with E-state index in [1.165, 1.54) is 7.11 Å². The largest absolute Gasteiger partial charge is 0.469 e. The summed E-state index contributed by atoms with van der Waals surface area (Å²) in [6.07, 6.45) is 0.0675. The van der Waals surface area contributed by atoms with E-state index in [2.05, 4.69) is 31.3 Å². The van der Waals surface area contributed by atoms with Crippen molar-refractivity contribution in [2.75, 3.05) is 12.4 Å². The predicted octanol–water partition coefficient (Wildman–Crippen LogP) is 2.22. The minimum atomic E-state index is -0.429. The number of hydrogen-bond donors (Lipinski definition) is 2. The number of nitrogens with one attached hydrogen (secondary N) is 2. The van der Waals surface area contributed by atoms with E-state index in [0.717, 1.165) is 10.2 Å². The Hall–Kier alpha value is -1.47. The first-order valence-electron chi connectivity index (χ1n) is 5.44. The molecule has 19 heavy (non-hydrogen) atoms. The van der Waals surface area contributed by atoms with Crippen molar-refractivity contribution < 1.29 is 14.3 Å². The van der Waals surface area contributed by atoms with Crippen LogP contribution in [0.15, 0.2) is 28.7 Å². The van der Waals surface area contributed by atoms with Crippen LogP contribution in [0.2, 0.25) is 0 Å². The first-order valence-corrected chi connectivity index (χ1v) is 6.64. The van der Waals surface area contributed by atoms with Crippen molar-refractivity contribution >= 4 is 50.8 Å². The Balaban J connectivity index is 2.36. The Morgan fingerprint density at radius 2 is 1.89 bits per heavy atom. The number of anilines is 1. The van der Waals surface area contributed by atoms with Crippen molar-refractivity contribution in [3.63, 3.8) is 0 Å². The molecule has 1 amide bonds. The third kappa shape index (κ3) is 6.30. The van der Waals surface area contributed by atoms with E-state index < -0.39 is 5.97 Å². The molecular formula is C12H13BrN2O3S. The molecule has 1 aromatic carbocycles. The molecule has 0 bridgehead atoms. The van der Waals surface area contributed by atoms with Crippen LogP contribution in [-0.2, 0) is 14.3 Å². The van der Waals surface area contributed by atoms with Gasteiger partial charge in [0.05, 0.1) is 13.5 Å². The highest BCUT2D eigenvalue weighted by molar-refractivity contribution is 9.10. The lowest BCUT2D eigenvalue weighted by Gasteiger charge is -2.09. The van der Waals surface area contributed by atoms with E-state index >= 15 is 0 Å². The van der Waals surface area contributed by atoms with Gasteiger partial charge in [-0.1, -0.05) is 15.9 Å². The number of ether oxygens (including phenoxy) is 1. The van der Waals surface area contributed by atoms with Crippen LogP contribution in [0.5, 0.6) is 0 Å². The summed E-state index contributed by atoms with van der Waals surface area (Å²) in [4.78, 5) is 22.3. The minimum absolute atomic E-state index is 0.0310. The average molecular weight is 345 g/mol. The summed E-state index contributed by atoms with van der Waals surface area (Å²) in [7, 11) is 1.28. The van der Waals surface area contributed by atoms with Crippen LogP contribution in [0.3, 0.4) is 0 Å². The minimum Gasteiger partial charge on any atom is -0.469 e. The highest BCUT2D eigenvalue weighted by Gasteiger charge is 2.08. The molecule has 0 aliphatic rings. The molecule has 1 aromatic rings. The molecule has 1 rings (SSSR count). The molecule has 0 saturated heterocycles. The summed E-state index contributed by atoms with van der Waals surface area (Å²) in [5.74, 6) is -0.762. The second-order valence-corrected chi connectivity index (χ2v) is 4.91. The van der Waals surface area contributed by atoms with Crippen molar-refractivity contribution in [2.45, 2.75) is 12.8 Å². The Bertz CT molecular complexity index is 476. The normalized spacial score (nSPS) is 9.58. The molecule has 0 aromatic heterocycles. The van der Waals surface area contributed by atoms with Crippen LogP contribution < -0.4 is 10.6 Å². The van der Waals surface area contributed by atoms with Crippen LogP contribution >= 0.6 is 28.1 Å². The Kier molecular flexibility index (Phi) is 6.44. The van der Waals surface area contributed by atoms with Gasteiger partial charge in [-0.2, -0.15) is 0 Å². The Morgan fingerprint density at radius 3 is 2.47 bits per heavy atom. The van der Waals surface area contributed by atoms with Gasteiger partial charge in [0.1, 0.15) is 0 Å². The number of rotatable bonds is 4. The molecule has 0 saturated carbocycles. The number of carbonyl (C=O) groups is 2. The van der Waals surface area contributed by atoms with Crippen molar-refractivity contribution in [2.24, 2.45) is 0 Å². The van der Waals surface area contributed by atoms with Crippen molar-refractivity contribution in [1.29, 1.82) is 0 Å². The number of thiocarbonyl (C=S) groups is 1. The molecule has 7 heteroatoms. The van der Waals surface area contributed by atoms with E-state index in [1.807, 2.05) is 24.3 Å². The maximum Gasteiger partial charge on any atom is 0.306 e. The molecule has 0 aliphatic carbocycles. The fraction of sp³-hybridized carbons (Fsp3) is 0.250. The molecule has 0 heterocycles. The van der Waals surface area contributed by atoms with Gasteiger partial charge in [0, 0.05) is 16.6 Å². The summed E-state index contributed by atoms with van der Waals surface area (Å²) in [5.41, 5.74) is 0.765. The number of carbonyl (C=O) groups excluding carboxylic acids is 2. The molecule has 0 radical (unpaired) electrons. The smallest absolute Gasteiger partial charge is 0.306 e. The van der Waals surface area contributed by atoms with Gasteiger partial charge in [-0.25, -0.2) is 0 Å². The molecule has 2 N–H and O–H groups in total. The van der Waals surface area contributed by atoms with E-state index in [4.69, 9.17) is 12.2 Å². The summed E-state index contributed by atoms with van der Waals surface area (Å²) in [6.45, 7) is 0. The average Bonchev–Trinajstić information content (AvgIpc) is 2.38. The zero-order valence-electron chi connectivity index (χ0n) is 10.2. The molecular weight excluding hydrogens is 332 g/mol. The molecule has 0 fully saturated rings. The molecule has 5 nitrogen and oxygen atoms in total. The second-order valence-electron chi connectivity index (χ2n) is 3.59. The lowest BCUT2D eigenvalue weighted by Crippen LogP contribution is -2.34. The number of halogens is 1. The van der Waals surface area contributed by atoms with Gasteiger partial charge in [-0.05, 0) is 36.5 Å². The monoisotopic (exact) mass is 344 g/mol. The van der Waals surface area contributed by atoms with E-state index in [9.17, 15) is 9.59 Å². The van der Waals surface area contributed by atoms with Gasteiger partial charge < -0.3 is 15.4 Å². The molecule has 0 unspecified atom stereocenters. The fourth-order valence-electron chi connectivity index (χ4n) is 1.20. The zero-order valence-corrected chi connectivity index (χ0v) is 12.6. The number of esters is 1. The summed E-state index contributed by atoms with van der Waals surface area (Å²) < 4.78 is 5.39. The summed E-state index contributed by atoms with van der Waals surface area (Å²) >= 11 is 8.30. The maximum atomic E-state index is 11.5. The lowest BCUT2D eigenvalue weighted by molar-refractivity contribution is -0.142. The van der Waals surface area contributed by atoms with Crippen LogP contribution in [0.1, 0.15) is 12.8 Å². The number of methoxy groups -OCH3 is 1. The maximum absolute atomic E-state index is 11.5. The number of amides is 1. The first-order chi connectivity index (χ1) is 9.01. The first kappa shape index (κ1) is 15.6. The Labute approximate surface area is 124 Å². The van der Waals surface area contributed by atoms with Gasteiger partial charge in [-0.15, -0.1) is 0 Å². The quantitative estimate of drug-likeness (QED) is 0.647. The van der Waals surface area contributed by atoms with Gasteiger partial charge >= 0.3 is 5.97 Å². The van der Waals surface area contributed by atoms with Crippen LogP contribution in [-0.4, -0.2) is 24.1 Å². The van der Waals surface area contributed by atoms with Crippen LogP contribution in [0, 0.1) is 0 Å². The van der Waals surface area contributed by atoms with Crippen LogP contribution in [0.25, 0.3) is 0 Å². The summed E-state index contributed by atoms with van der Waals surface area (Å²) in [6, 6.07) is 7.34. The third-order valence-corrected chi connectivity index (χ3v) is 2.87. The molecule has 102 valence electrons. The van der Waals surface area contributed by atoms with E-state index in [-0.39, 0.29) is 23.9 Å². The second kappa shape index (κ2) is 7.85. The SMILES string of the molecule is COC(=O)CCC(=O)NC(=S)Nc1ccc(Br)cc1.